The molecule has 0 radical (unpaired) electrons. The molecule has 2 atom stereocenters. The molecule has 0 aromatic carbocycles. The summed E-state index contributed by atoms with van der Waals surface area (Å²) in [6.45, 7) is 7.49. The summed E-state index contributed by atoms with van der Waals surface area (Å²) in [6.07, 6.45) is 7.27. The average molecular weight is 323 g/mol. The zero-order chi connectivity index (χ0) is 17.0. The number of carbonyl (C=O) groups excluding carboxylic acids is 1. The van der Waals surface area contributed by atoms with Crippen LogP contribution in [0.1, 0.15) is 58.8 Å². The Bertz CT molecular complexity index is 441. The summed E-state index contributed by atoms with van der Waals surface area (Å²) in [7, 11) is 1.68. The van der Waals surface area contributed by atoms with E-state index in [1.54, 1.807) is 7.05 Å². The van der Waals surface area contributed by atoms with Gasteiger partial charge in [0.25, 0.3) is 5.91 Å². The summed E-state index contributed by atoms with van der Waals surface area (Å²) < 4.78 is 0. The van der Waals surface area contributed by atoms with E-state index >= 15 is 0 Å². The van der Waals surface area contributed by atoms with Gasteiger partial charge in [0.05, 0.1) is 0 Å². The summed E-state index contributed by atoms with van der Waals surface area (Å²) in [5.41, 5.74) is -0.716. The smallest absolute Gasteiger partial charge is 0.256 e. The van der Waals surface area contributed by atoms with Gasteiger partial charge in [0.1, 0.15) is 5.54 Å². The lowest BCUT2D eigenvalue weighted by molar-refractivity contribution is -0.137. The number of piperidine rings is 1. The first-order valence-electron chi connectivity index (χ1n) is 9.13. The topological polar surface area (TPSA) is 76.7 Å². The molecule has 2 aliphatic heterocycles. The molecule has 0 spiro atoms. The Kier molecular flexibility index (Phi) is 6.03. The van der Waals surface area contributed by atoms with Crippen molar-refractivity contribution < 1.29 is 4.79 Å². The van der Waals surface area contributed by atoms with Gasteiger partial charge >= 0.3 is 0 Å². The molecule has 2 heterocycles. The van der Waals surface area contributed by atoms with Crippen molar-refractivity contribution in [2.45, 2.75) is 64.3 Å². The predicted molar refractivity (Wildman–Crippen MR) is 92.9 cm³/mol. The Hall–Kier alpha value is -1.14. The van der Waals surface area contributed by atoms with E-state index < -0.39 is 5.54 Å². The fraction of sp³-hybridized carbons (Fsp3) is 0.882. The summed E-state index contributed by atoms with van der Waals surface area (Å²) in [6, 6.07) is 0. The molecule has 2 saturated heterocycles. The molecule has 2 aliphatic rings. The van der Waals surface area contributed by atoms with E-state index in [0.29, 0.717) is 0 Å². The first-order chi connectivity index (χ1) is 11.0. The minimum Gasteiger partial charge on any atom is -0.303 e. The van der Waals surface area contributed by atoms with Crippen LogP contribution in [0.3, 0.4) is 0 Å². The van der Waals surface area contributed by atoms with Crippen molar-refractivity contribution in [3.05, 3.63) is 0 Å². The highest BCUT2D eigenvalue weighted by molar-refractivity contribution is 6.07. The van der Waals surface area contributed by atoms with Crippen LogP contribution >= 0.6 is 0 Å². The second kappa shape index (κ2) is 7.62. The van der Waals surface area contributed by atoms with Crippen LogP contribution in [0, 0.1) is 11.3 Å². The number of hydrogen-bond donors (Lipinski definition) is 2. The fourth-order valence-corrected chi connectivity index (χ4v) is 4.12. The van der Waals surface area contributed by atoms with Crippen molar-refractivity contribution in [2.24, 2.45) is 11.8 Å². The predicted octanol–water partition coefficient (Wildman–Crippen LogP) is 2.01. The van der Waals surface area contributed by atoms with E-state index in [4.69, 9.17) is 11.3 Å². The third kappa shape index (κ3) is 3.24. The lowest BCUT2D eigenvalue weighted by atomic mass is 9.75. The van der Waals surface area contributed by atoms with Gasteiger partial charge in [0.2, 0.25) is 5.96 Å². The van der Waals surface area contributed by atoms with Gasteiger partial charge < -0.3 is 4.90 Å². The van der Waals surface area contributed by atoms with Crippen LogP contribution in [0.5, 0.6) is 0 Å². The molecule has 1 unspecified atom stereocenters. The number of hydrazine groups is 1. The van der Waals surface area contributed by atoms with Crippen LogP contribution in [-0.4, -0.2) is 58.9 Å². The highest BCUT2D eigenvalue weighted by Gasteiger charge is 2.57. The summed E-state index contributed by atoms with van der Waals surface area (Å²) in [5, 5.41) is 9.63. The second-order valence-corrected chi connectivity index (χ2v) is 7.08. The highest BCUT2D eigenvalue weighted by Crippen LogP contribution is 2.40. The van der Waals surface area contributed by atoms with Crippen LogP contribution in [0.2, 0.25) is 0 Å². The molecule has 132 valence electrons. The van der Waals surface area contributed by atoms with Crippen molar-refractivity contribution in [2.75, 3.05) is 26.7 Å². The Morgan fingerprint density at radius 3 is 2.57 bits per heavy atom. The van der Waals surface area contributed by atoms with E-state index in [2.05, 4.69) is 18.7 Å². The number of nitrogens with two attached hydrogens (primary N) is 1. The first-order valence-corrected chi connectivity index (χ1v) is 9.13. The van der Waals surface area contributed by atoms with Crippen molar-refractivity contribution in [3.8, 4) is 0 Å². The molecule has 2 fully saturated rings. The summed E-state index contributed by atoms with van der Waals surface area (Å²) >= 11 is 0. The summed E-state index contributed by atoms with van der Waals surface area (Å²) in [4.78, 5) is 16.9. The van der Waals surface area contributed by atoms with Gasteiger partial charge in [-0.05, 0) is 38.8 Å². The monoisotopic (exact) mass is 323 g/mol. The molecule has 0 saturated carbocycles. The molecule has 0 aromatic heterocycles. The van der Waals surface area contributed by atoms with E-state index in [9.17, 15) is 4.79 Å². The number of carbonyl (C=O) groups is 1. The molecule has 1 amide bonds. The normalized spacial score (nSPS) is 29.7. The van der Waals surface area contributed by atoms with Gasteiger partial charge in [-0.25, -0.2) is 5.84 Å². The summed E-state index contributed by atoms with van der Waals surface area (Å²) in [5.74, 6) is 6.64. The Labute approximate surface area is 140 Å². The molecule has 2 rings (SSSR count). The maximum absolute atomic E-state index is 13.0. The number of likely N-dealkylation sites (tertiary alicyclic amines) is 1. The standard InChI is InChI=1S/C17H33N5O/c1-4-6-10-17(15(23)20(3)16(18)22(17)19)14-9-8-12-21(13-14)11-7-5-2/h14,18H,4-13,19H2,1-3H3/t14?,17-/m1/s1. The number of likely N-dealkylation sites (N-methyl/N-ethyl adjacent to an activating group) is 1. The van der Waals surface area contributed by atoms with Gasteiger partial charge in [0, 0.05) is 19.5 Å². The van der Waals surface area contributed by atoms with Gasteiger partial charge in [-0.15, -0.1) is 0 Å². The maximum atomic E-state index is 13.0. The molecular weight excluding hydrogens is 290 g/mol. The maximum Gasteiger partial charge on any atom is 0.256 e. The number of amides is 1. The SMILES string of the molecule is CCCCN1CCCC([C@]2(CCCC)C(=O)N(C)C(=N)N2N)C1. The van der Waals surface area contributed by atoms with Crippen molar-refractivity contribution >= 4 is 11.9 Å². The van der Waals surface area contributed by atoms with Crippen LogP contribution in [-0.2, 0) is 4.79 Å². The highest BCUT2D eigenvalue weighted by atomic mass is 16.2. The van der Waals surface area contributed by atoms with Crippen LogP contribution in [0.25, 0.3) is 0 Å². The lowest BCUT2D eigenvalue weighted by Gasteiger charge is -2.44. The molecule has 0 aromatic rings. The minimum absolute atomic E-state index is 0.0146. The average Bonchev–Trinajstić information content (AvgIpc) is 2.74. The third-order valence-electron chi connectivity index (χ3n) is 5.57. The Morgan fingerprint density at radius 1 is 1.30 bits per heavy atom. The van der Waals surface area contributed by atoms with Gasteiger partial charge in [-0.3, -0.25) is 20.1 Å². The molecule has 6 heteroatoms. The Morgan fingerprint density at radius 2 is 2.00 bits per heavy atom. The number of unbranched alkanes of at least 4 members (excludes halogenated alkanes) is 2. The van der Waals surface area contributed by atoms with Gasteiger partial charge in [-0.1, -0.05) is 33.1 Å². The van der Waals surface area contributed by atoms with E-state index in [1.165, 1.54) is 22.8 Å². The van der Waals surface area contributed by atoms with Gasteiger partial charge in [0.15, 0.2) is 0 Å². The van der Waals surface area contributed by atoms with Crippen molar-refractivity contribution in [1.29, 1.82) is 5.41 Å². The number of nitrogens with one attached hydrogen (secondary N) is 1. The van der Waals surface area contributed by atoms with E-state index in [0.717, 1.165) is 51.7 Å². The number of hydrogen-bond acceptors (Lipinski definition) is 4. The molecule has 23 heavy (non-hydrogen) atoms. The molecular formula is C17H33N5O. The molecule has 0 bridgehead atoms. The lowest BCUT2D eigenvalue weighted by Crippen LogP contribution is -2.61. The third-order valence-corrected chi connectivity index (χ3v) is 5.57. The zero-order valence-electron chi connectivity index (χ0n) is 15.0. The minimum atomic E-state index is -0.716. The van der Waals surface area contributed by atoms with E-state index in [-0.39, 0.29) is 17.8 Å². The second-order valence-electron chi connectivity index (χ2n) is 7.08. The van der Waals surface area contributed by atoms with Crippen LogP contribution < -0.4 is 5.84 Å². The fourth-order valence-electron chi connectivity index (χ4n) is 4.12. The van der Waals surface area contributed by atoms with Gasteiger partial charge in [-0.2, -0.15) is 0 Å². The number of guanidine groups is 1. The van der Waals surface area contributed by atoms with Crippen LogP contribution in [0.4, 0.5) is 0 Å². The van der Waals surface area contributed by atoms with E-state index in [1.807, 2.05) is 0 Å². The number of nitrogens with zero attached hydrogens (tertiary/aromatic N) is 3. The van der Waals surface area contributed by atoms with Crippen molar-refractivity contribution in [3.63, 3.8) is 0 Å². The van der Waals surface area contributed by atoms with Crippen molar-refractivity contribution in [1.82, 2.24) is 14.8 Å². The largest absolute Gasteiger partial charge is 0.303 e. The van der Waals surface area contributed by atoms with Crippen LogP contribution in [0.15, 0.2) is 0 Å². The molecule has 0 aliphatic carbocycles. The first kappa shape index (κ1) is 18.2. The Balaban J connectivity index is 2.24. The zero-order valence-corrected chi connectivity index (χ0v) is 15.0. The number of rotatable bonds is 7. The quantitative estimate of drug-likeness (QED) is 0.703. The molecule has 6 nitrogen and oxygen atoms in total. The molecule has 3 N–H and O–H groups in total.